The molecule has 0 spiro atoms. The molecule has 0 saturated heterocycles. The molecule has 0 radical (unpaired) electrons. The third-order valence-corrected chi connectivity index (χ3v) is 3.80. The molecule has 4 heteroatoms. The summed E-state index contributed by atoms with van der Waals surface area (Å²) in [6.45, 7) is 0.856. The van der Waals surface area contributed by atoms with Gasteiger partial charge in [0.05, 0.1) is 0 Å². The van der Waals surface area contributed by atoms with Crippen molar-refractivity contribution in [3.63, 3.8) is 0 Å². The van der Waals surface area contributed by atoms with Crippen molar-refractivity contribution in [3.8, 4) is 0 Å². The molecular formula is C13H13BrN2S. The first-order valence-corrected chi connectivity index (χ1v) is 6.92. The van der Waals surface area contributed by atoms with Gasteiger partial charge >= 0.3 is 0 Å². The number of nitrogens with one attached hydrogen (secondary N) is 1. The van der Waals surface area contributed by atoms with Crippen LogP contribution in [0.3, 0.4) is 0 Å². The molecule has 0 aliphatic heterocycles. The van der Waals surface area contributed by atoms with E-state index in [1.54, 1.807) is 11.8 Å². The molecule has 0 atom stereocenters. The Morgan fingerprint density at radius 3 is 2.88 bits per heavy atom. The molecule has 2 aromatic rings. The maximum Gasteiger partial charge on any atom is 0.101 e. The molecule has 2 nitrogen and oxygen atoms in total. The molecule has 88 valence electrons. The quantitative estimate of drug-likeness (QED) is 0.932. The van der Waals surface area contributed by atoms with E-state index < -0.39 is 0 Å². The maximum atomic E-state index is 4.33. The van der Waals surface area contributed by atoms with Crippen molar-refractivity contribution in [1.29, 1.82) is 0 Å². The van der Waals surface area contributed by atoms with Crippen LogP contribution in [0.1, 0.15) is 5.56 Å². The van der Waals surface area contributed by atoms with Gasteiger partial charge in [-0.05, 0) is 42.9 Å². The van der Waals surface area contributed by atoms with Crippen molar-refractivity contribution < 1.29 is 0 Å². The third kappa shape index (κ3) is 3.56. The zero-order valence-electron chi connectivity index (χ0n) is 9.48. The highest BCUT2D eigenvalue weighted by molar-refractivity contribution is 9.10. The predicted octanol–water partition coefficient (Wildman–Crippen LogP) is 3.71. The molecule has 1 aromatic heterocycles. The van der Waals surface area contributed by atoms with E-state index in [1.165, 1.54) is 10.5 Å². The molecule has 2 rings (SSSR count). The maximum absolute atomic E-state index is 4.33. The number of rotatable bonds is 4. The molecule has 0 aliphatic rings. The minimum absolute atomic E-state index is 0.856. The van der Waals surface area contributed by atoms with E-state index in [2.05, 4.69) is 44.4 Å². The number of benzene rings is 1. The van der Waals surface area contributed by atoms with Crippen molar-refractivity contribution in [1.82, 2.24) is 10.3 Å². The normalized spacial score (nSPS) is 10.5. The molecule has 17 heavy (non-hydrogen) atoms. The Balaban J connectivity index is 2.26. The number of nitrogens with zero attached hydrogens (tertiary/aromatic N) is 1. The summed E-state index contributed by atoms with van der Waals surface area (Å²) in [5.74, 6) is 0. The highest BCUT2D eigenvalue weighted by Crippen LogP contribution is 2.30. The second kappa shape index (κ2) is 6.19. The van der Waals surface area contributed by atoms with Gasteiger partial charge in [0.25, 0.3) is 0 Å². The molecule has 0 aliphatic carbocycles. The lowest BCUT2D eigenvalue weighted by Crippen LogP contribution is -2.06. The lowest BCUT2D eigenvalue weighted by molar-refractivity contribution is 0.802. The highest BCUT2D eigenvalue weighted by Gasteiger charge is 2.05. The summed E-state index contributed by atoms with van der Waals surface area (Å²) in [7, 11) is 1.95. The van der Waals surface area contributed by atoms with Crippen molar-refractivity contribution in [2.45, 2.75) is 16.5 Å². The molecule has 0 unspecified atom stereocenters. The van der Waals surface area contributed by atoms with Gasteiger partial charge in [-0.3, -0.25) is 0 Å². The molecule has 0 fully saturated rings. The first-order valence-electron chi connectivity index (χ1n) is 5.31. The van der Waals surface area contributed by atoms with E-state index in [0.29, 0.717) is 0 Å². The van der Waals surface area contributed by atoms with Gasteiger partial charge in [0, 0.05) is 22.1 Å². The standard InChI is InChI=1S/C13H13BrN2S/c1-15-9-10-8-11(14)5-6-12(10)17-13-4-2-3-7-16-13/h2-8,15H,9H2,1H3. The van der Waals surface area contributed by atoms with E-state index >= 15 is 0 Å². The fourth-order valence-electron chi connectivity index (χ4n) is 1.50. The van der Waals surface area contributed by atoms with Gasteiger partial charge in [0.2, 0.25) is 0 Å². The van der Waals surface area contributed by atoms with Crippen molar-refractivity contribution >= 4 is 27.7 Å². The topological polar surface area (TPSA) is 24.9 Å². The van der Waals surface area contributed by atoms with Crippen LogP contribution in [-0.4, -0.2) is 12.0 Å². The minimum atomic E-state index is 0.856. The average Bonchev–Trinajstić information content (AvgIpc) is 2.34. The molecule has 1 N–H and O–H groups in total. The van der Waals surface area contributed by atoms with E-state index in [1.807, 2.05) is 31.4 Å². The largest absolute Gasteiger partial charge is 0.316 e. The molecule has 1 aromatic carbocycles. The van der Waals surface area contributed by atoms with Crippen LogP contribution in [0.2, 0.25) is 0 Å². The number of hydrogen-bond donors (Lipinski definition) is 1. The fourth-order valence-corrected chi connectivity index (χ4v) is 2.79. The zero-order valence-corrected chi connectivity index (χ0v) is 11.9. The summed E-state index contributed by atoms with van der Waals surface area (Å²) in [5, 5.41) is 4.20. The Kier molecular flexibility index (Phi) is 4.59. The van der Waals surface area contributed by atoms with Crippen molar-refractivity contribution in [2.24, 2.45) is 0 Å². The summed E-state index contributed by atoms with van der Waals surface area (Å²) in [6, 6.07) is 12.3. The molecule has 0 amide bonds. The van der Waals surface area contributed by atoms with Crippen LogP contribution >= 0.6 is 27.7 Å². The van der Waals surface area contributed by atoms with Gasteiger partial charge in [-0.15, -0.1) is 0 Å². The Bertz CT molecular complexity index is 488. The Morgan fingerprint density at radius 1 is 1.29 bits per heavy atom. The Morgan fingerprint density at radius 2 is 2.18 bits per heavy atom. The molecule has 0 saturated carbocycles. The Hall–Kier alpha value is -0.840. The second-order valence-electron chi connectivity index (χ2n) is 3.55. The smallest absolute Gasteiger partial charge is 0.101 e. The summed E-state index contributed by atoms with van der Waals surface area (Å²) in [5.41, 5.74) is 1.28. The average molecular weight is 309 g/mol. The van der Waals surface area contributed by atoms with Crippen LogP contribution < -0.4 is 5.32 Å². The van der Waals surface area contributed by atoms with Crippen LogP contribution in [0.4, 0.5) is 0 Å². The van der Waals surface area contributed by atoms with Gasteiger partial charge in [0.1, 0.15) is 5.03 Å². The number of pyridine rings is 1. The number of halogens is 1. The minimum Gasteiger partial charge on any atom is -0.316 e. The summed E-state index contributed by atoms with van der Waals surface area (Å²) >= 11 is 5.19. The van der Waals surface area contributed by atoms with E-state index in [4.69, 9.17) is 0 Å². The van der Waals surface area contributed by atoms with Gasteiger partial charge in [-0.2, -0.15) is 0 Å². The van der Waals surface area contributed by atoms with Gasteiger partial charge in [-0.1, -0.05) is 33.8 Å². The van der Waals surface area contributed by atoms with Crippen LogP contribution in [-0.2, 0) is 6.54 Å². The van der Waals surface area contributed by atoms with Crippen LogP contribution in [0.25, 0.3) is 0 Å². The van der Waals surface area contributed by atoms with Crippen LogP contribution in [0.5, 0.6) is 0 Å². The van der Waals surface area contributed by atoms with Crippen LogP contribution in [0, 0.1) is 0 Å². The SMILES string of the molecule is CNCc1cc(Br)ccc1Sc1ccccn1. The fraction of sp³-hybridized carbons (Fsp3) is 0.154. The van der Waals surface area contributed by atoms with E-state index in [0.717, 1.165) is 16.0 Å². The first-order chi connectivity index (χ1) is 8.29. The molecule has 1 heterocycles. The lowest BCUT2D eigenvalue weighted by Gasteiger charge is -2.08. The number of aromatic nitrogens is 1. The third-order valence-electron chi connectivity index (χ3n) is 2.24. The van der Waals surface area contributed by atoms with Crippen LogP contribution in [0.15, 0.2) is 57.0 Å². The van der Waals surface area contributed by atoms with E-state index in [9.17, 15) is 0 Å². The van der Waals surface area contributed by atoms with E-state index in [-0.39, 0.29) is 0 Å². The van der Waals surface area contributed by atoms with Gasteiger partial charge in [-0.25, -0.2) is 4.98 Å². The summed E-state index contributed by atoms with van der Waals surface area (Å²) in [4.78, 5) is 5.57. The Labute approximate surface area is 114 Å². The summed E-state index contributed by atoms with van der Waals surface area (Å²) in [6.07, 6.45) is 1.82. The molecule has 0 bridgehead atoms. The highest BCUT2D eigenvalue weighted by atomic mass is 79.9. The second-order valence-corrected chi connectivity index (χ2v) is 5.53. The summed E-state index contributed by atoms with van der Waals surface area (Å²) < 4.78 is 1.10. The van der Waals surface area contributed by atoms with Gasteiger partial charge in [0.15, 0.2) is 0 Å². The predicted molar refractivity (Wildman–Crippen MR) is 75.3 cm³/mol. The zero-order chi connectivity index (χ0) is 12.1. The molecular weight excluding hydrogens is 296 g/mol. The van der Waals surface area contributed by atoms with Crippen molar-refractivity contribution in [2.75, 3.05) is 7.05 Å². The van der Waals surface area contributed by atoms with Crippen molar-refractivity contribution in [3.05, 3.63) is 52.6 Å². The first kappa shape index (κ1) is 12.6. The monoisotopic (exact) mass is 308 g/mol. The number of hydrogen-bond acceptors (Lipinski definition) is 3. The van der Waals surface area contributed by atoms with Gasteiger partial charge < -0.3 is 5.32 Å². The lowest BCUT2D eigenvalue weighted by atomic mass is 10.2.